The van der Waals surface area contributed by atoms with Gasteiger partial charge in [0.05, 0.1) is 5.56 Å². The first-order valence-electron chi connectivity index (χ1n) is 11.7. The van der Waals surface area contributed by atoms with Crippen molar-refractivity contribution >= 4 is 11.8 Å². The van der Waals surface area contributed by atoms with Crippen LogP contribution in [0.3, 0.4) is 0 Å². The highest BCUT2D eigenvalue weighted by Gasteiger charge is 2.36. The highest BCUT2D eigenvalue weighted by Crippen LogP contribution is 2.30. The maximum absolute atomic E-state index is 13.6. The Morgan fingerprint density at radius 1 is 1.03 bits per heavy atom. The Kier molecular flexibility index (Phi) is 6.54. The van der Waals surface area contributed by atoms with Gasteiger partial charge in [-0.1, -0.05) is 25.5 Å². The monoisotopic (exact) mass is 455 g/mol. The molecule has 176 valence electrons. The maximum Gasteiger partial charge on any atom is 0.294 e. The summed E-state index contributed by atoms with van der Waals surface area (Å²) in [6.07, 6.45) is 3.66. The van der Waals surface area contributed by atoms with Crippen molar-refractivity contribution < 1.29 is 19.1 Å². The van der Waals surface area contributed by atoms with Crippen LogP contribution in [0.15, 0.2) is 23.0 Å². The zero-order valence-electron chi connectivity index (χ0n) is 19.2. The quantitative estimate of drug-likeness (QED) is 0.751. The van der Waals surface area contributed by atoms with Crippen LogP contribution in [0, 0.1) is 12.7 Å². The Hall–Kier alpha value is -3.16. The second-order valence-electron chi connectivity index (χ2n) is 8.92. The van der Waals surface area contributed by atoms with Gasteiger partial charge in [-0.25, -0.2) is 4.39 Å². The van der Waals surface area contributed by atoms with Crippen LogP contribution in [0.1, 0.15) is 70.1 Å². The van der Waals surface area contributed by atoms with Crippen LogP contribution >= 0.6 is 0 Å². The van der Waals surface area contributed by atoms with Crippen LogP contribution in [-0.4, -0.2) is 50.9 Å². The lowest BCUT2D eigenvalue weighted by atomic mass is 9.94. The van der Waals surface area contributed by atoms with Gasteiger partial charge in [0.1, 0.15) is 11.5 Å². The van der Waals surface area contributed by atoms with E-state index in [4.69, 9.17) is 0 Å². The number of nitrogens with zero attached hydrogens (tertiary/aromatic N) is 3. The Morgan fingerprint density at radius 2 is 1.79 bits per heavy atom. The number of halogens is 1. The van der Waals surface area contributed by atoms with E-state index >= 15 is 0 Å². The number of hydrogen-bond acceptors (Lipinski definition) is 4. The highest BCUT2D eigenvalue weighted by molar-refractivity contribution is 6.04. The number of aryl methyl sites for hydroxylation is 1. The number of pyridine rings is 1. The van der Waals surface area contributed by atoms with Crippen molar-refractivity contribution in [3.63, 3.8) is 0 Å². The standard InChI is InChI=1S/C25H30FN3O4/c1-3-4-10-27-11-5-6-12-29-21(24(27)32)18-9-13-28(23(31)20(18)22(30)25(29)33)15-17-7-8-19(26)16(2)14-17/h7-8,14,30H,3-6,9-13,15H2,1-2H3. The van der Waals surface area contributed by atoms with Gasteiger partial charge in [0.2, 0.25) is 0 Å². The van der Waals surface area contributed by atoms with E-state index in [0.29, 0.717) is 50.1 Å². The molecule has 0 fully saturated rings. The fourth-order valence-corrected chi connectivity index (χ4v) is 4.76. The van der Waals surface area contributed by atoms with Gasteiger partial charge < -0.3 is 19.5 Å². The summed E-state index contributed by atoms with van der Waals surface area (Å²) in [5, 5.41) is 10.7. The van der Waals surface area contributed by atoms with Gasteiger partial charge in [-0.05, 0) is 49.8 Å². The van der Waals surface area contributed by atoms with Gasteiger partial charge in [0.25, 0.3) is 17.4 Å². The van der Waals surface area contributed by atoms with E-state index in [-0.39, 0.29) is 29.5 Å². The molecule has 2 aliphatic rings. The number of aromatic nitrogens is 1. The Bertz CT molecular complexity index is 1160. The first kappa shape index (κ1) is 23.0. The molecule has 0 radical (unpaired) electrons. The molecular formula is C25H30FN3O4. The normalized spacial score (nSPS) is 16.3. The zero-order valence-corrected chi connectivity index (χ0v) is 19.2. The van der Waals surface area contributed by atoms with Gasteiger partial charge in [0, 0.05) is 38.3 Å². The third kappa shape index (κ3) is 4.26. The second-order valence-corrected chi connectivity index (χ2v) is 8.92. The first-order chi connectivity index (χ1) is 15.8. The van der Waals surface area contributed by atoms with Gasteiger partial charge in [-0.15, -0.1) is 0 Å². The van der Waals surface area contributed by atoms with E-state index in [9.17, 15) is 23.9 Å². The van der Waals surface area contributed by atoms with Crippen molar-refractivity contribution in [2.45, 2.75) is 59.0 Å². The van der Waals surface area contributed by atoms with Crippen molar-refractivity contribution in [2.75, 3.05) is 19.6 Å². The average molecular weight is 456 g/mol. The van der Waals surface area contributed by atoms with E-state index in [1.54, 1.807) is 24.0 Å². The lowest BCUT2D eigenvalue weighted by Crippen LogP contribution is -2.44. The summed E-state index contributed by atoms with van der Waals surface area (Å²) in [7, 11) is 0. The number of benzene rings is 1. The highest BCUT2D eigenvalue weighted by atomic mass is 19.1. The van der Waals surface area contributed by atoms with Crippen LogP contribution in [-0.2, 0) is 19.5 Å². The molecule has 1 N–H and O–H groups in total. The third-order valence-corrected chi connectivity index (χ3v) is 6.60. The van der Waals surface area contributed by atoms with Crippen LogP contribution in [0.25, 0.3) is 0 Å². The zero-order chi connectivity index (χ0) is 23.7. The Balaban J connectivity index is 1.75. The van der Waals surface area contributed by atoms with Crippen molar-refractivity contribution in [3.05, 3.63) is 62.3 Å². The van der Waals surface area contributed by atoms with E-state index in [2.05, 4.69) is 6.92 Å². The minimum atomic E-state index is -0.692. The lowest BCUT2D eigenvalue weighted by molar-refractivity contribution is 0.0706. The van der Waals surface area contributed by atoms with Gasteiger partial charge in [0.15, 0.2) is 5.75 Å². The van der Waals surface area contributed by atoms with Crippen LogP contribution in [0.4, 0.5) is 4.39 Å². The number of amides is 2. The molecule has 0 saturated heterocycles. The summed E-state index contributed by atoms with van der Waals surface area (Å²) in [5.74, 6) is -1.63. The molecule has 7 nitrogen and oxygen atoms in total. The molecule has 4 rings (SSSR count). The summed E-state index contributed by atoms with van der Waals surface area (Å²) >= 11 is 0. The molecule has 33 heavy (non-hydrogen) atoms. The molecule has 0 unspecified atom stereocenters. The summed E-state index contributed by atoms with van der Waals surface area (Å²) in [4.78, 5) is 43.2. The molecule has 0 aliphatic carbocycles. The van der Waals surface area contributed by atoms with Crippen LogP contribution in [0.5, 0.6) is 5.75 Å². The predicted molar refractivity (Wildman–Crippen MR) is 122 cm³/mol. The number of aromatic hydroxyl groups is 1. The molecule has 1 aromatic heterocycles. The number of unbranched alkanes of at least 4 members (excludes halogenated alkanes) is 1. The van der Waals surface area contributed by atoms with Crippen molar-refractivity contribution in [2.24, 2.45) is 0 Å². The molecule has 2 aromatic rings. The Morgan fingerprint density at radius 3 is 2.52 bits per heavy atom. The molecule has 0 bridgehead atoms. The predicted octanol–water partition coefficient (Wildman–Crippen LogP) is 3.24. The van der Waals surface area contributed by atoms with Crippen molar-refractivity contribution in [1.29, 1.82) is 0 Å². The van der Waals surface area contributed by atoms with Crippen LogP contribution < -0.4 is 5.56 Å². The van der Waals surface area contributed by atoms with E-state index in [1.165, 1.54) is 15.5 Å². The number of carbonyl (C=O) groups is 2. The largest absolute Gasteiger partial charge is 0.502 e. The number of rotatable bonds is 5. The molecule has 0 atom stereocenters. The van der Waals surface area contributed by atoms with Crippen molar-refractivity contribution in [1.82, 2.24) is 14.4 Å². The second kappa shape index (κ2) is 9.37. The van der Waals surface area contributed by atoms with Crippen LogP contribution in [0.2, 0.25) is 0 Å². The Labute approximate surface area is 192 Å². The number of fused-ring (bicyclic) bond motifs is 3. The smallest absolute Gasteiger partial charge is 0.294 e. The third-order valence-electron chi connectivity index (χ3n) is 6.60. The minimum absolute atomic E-state index is 0.0688. The van der Waals surface area contributed by atoms with Gasteiger partial charge in [-0.2, -0.15) is 0 Å². The molecule has 0 saturated carbocycles. The van der Waals surface area contributed by atoms with Gasteiger partial charge >= 0.3 is 0 Å². The SMILES string of the molecule is CCCCN1CCCCn2c(c3c(c(O)c2=O)C(=O)N(Cc2ccc(F)c(C)c2)CC3)C1=O. The molecular weight excluding hydrogens is 425 g/mol. The van der Waals surface area contributed by atoms with E-state index in [1.807, 2.05) is 0 Å². The molecule has 1 aromatic carbocycles. The molecule has 2 aliphatic heterocycles. The fourth-order valence-electron chi connectivity index (χ4n) is 4.76. The summed E-state index contributed by atoms with van der Waals surface area (Å²) in [6.45, 7) is 5.85. The number of hydrogen-bond donors (Lipinski definition) is 1. The number of carbonyl (C=O) groups excluding carboxylic acids is 2. The maximum atomic E-state index is 13.6. The summed E-state index contributed by atoms with van der Waals surface area (Å²) in [5.41, 5.74) is 1.18. The summed E-state index contributed by atoms with van der Waals surface area (Å²) in [6, 6.07) is 4.67. The molecule has 2 amide bonds. The molecule has 3 heterocycles. The topological polar surface area (TPSA) is 82.8 Å². The summed E-state index contributed by atoms with van der Waals surface area (Å²) < 4.78 is 15.0. The molecule has 0 spiro atoms. The van der Waals surface area contributed by atoms with Gasteiger partial charge in [-0.3, -0.25) is 14.4 Å². The average Bonchev–Trinajstić information content (AvgIpc) is 2.78. The lowest BCUT2D eigenvalue weighted by Gasteiger charge is -2.33. The fraction of sp³-hybridized carbons (Fsp3) is 0.480. The van der Waals surface area contributed by atoms with E-state index in [0.717, 1.165) is 24.8 Å². The first-order valence-corrected chi connectivity index (χ1v) is 11.7. The minimum Gasteiger partial charge on any atom is -0.502 e. The van der Waals surface area contributed by atoms with Crippen molar-refractivity contribution in [3.8, 4) is 5.75 Å². The molecule has 8 heteroatoms. The van der Waals surface area contributed by atoms with E-state index < -0.39 is 17.2 Å².